The van der Waals surface area contributed by atoms with Crippen LogP contribution in [0.1, 0.15) is 19.3 Å². The van der Waals surface area contributed by atoms with Crippen LogP contribution >= 0.6 is 0 Å². The predicted octanol–water partition coefficient (Wildman–Crippen LogP) is 0.526. The molecule has 3 fully saturated rings. The Bertz CT molecular complexity index is 107. The van der Waals surface area contributed by atoms with E-state index in [0.29, 0.717) is 12.1 Å². The molecule has 0 radical (unpaired) electrons. The third-order valence-corrected chi connectivity index (χ3v) is 2.54. The van der Waals surface area contributed by atoms with Crippen LogP contribution in [0.3, 0.4) is 0 Å². The van der Waals surface area contributed by atoms with Crippen LogP contribution in [0.4, 0.5) is 0 Å². The van der Waals surface area contributed by atoms with Crippen molar-refractivity contribution in [3.05, 3.63) is 0 Å². The van der Waals surface area contributed by atoms with Crippen LogP contribution in [-0.2, 0) is 4.74 Å². The Balaban J connectivity index is 1.94. The summed E-state index contributed by atoms with van der Waals surface area (Å²) in [5.41, 5.74) is 0. The molecule has 0 aromatic carbocycles. The second-order valence-corrected chi connectivity index (χ2v) is 3.06. The van der Waals surface area contributed by atoms with Gasteiger partial charge in [0.1, 0.15) is 0 Å². The zero-order valence-electron chi connectivity index (χ0n) is 5.76. The lowest BCUT2D eigenvalue weighted by molar-refractivity contribution is -0.0143. The third-order valence-electron chi connectivity index (χ3n) is 2.54. The Labute approximate surface area is 55.6 Å². The maximum Gasteiger partial charge on any atom is 0.0725 e. The van der Waals surface area contributed by atoms with Gasteiger partial charge in [0.25, 0.3) is 0 Å². The highest BCUT2D eigenvalue weighted by molar-refractivity contribution is 4.98. The standard InChI is InChI=1S/C7H13NO/c1-9-7-3-2-5-4-6(7)8-5/h5-8H,2-4H2,1H3/t5?,6?,7-/m1/s1. The van der Waals surface area contributed by atoms with Gasteiger partial charge in [0.05, 0.1) is 6.10 Å². The molecule has 1 aliphatic carbocycles. The maximum absolute atomic E-state index is 5.28. The van der Waals surface area contributed by atoms with Crippen molar-refractivity contribution in [2.75, 3.05) is 7.11 Å². The van der Waals surface area contributed by atoms with Gasteiger partial charge < -0.3 is 10.1 Å². The van der Waals surface area contributed by atoms with Gasteiger partial charge >= 0.3 is 0 Å². The number of rotatable bonds is 1. The number of hydrogen-bond acceptors (Lipinski definition) is 2. The van der Waals surface area contributed by atoms with E-state index in [1.165, 1.54) is 19.3 Å². The summed E-state index contributed by atoms with van der Waals surface area (Å²) in [6.45, 7) is 0. The van der Waals surface area contributed by atoms with Crippen molar-refractivity contribution in [2.45, 2.75) is 37.5 Å². The summed E-state index contributed by atoms with van der Waals surface area (Å²) in [5, 5.41) is 3.46. The molecule has 3 atom stereocenters. The van der Waals surface area contributed by atoms with Gasteiger partial charge in [-0.1, -0.05) is 0 Å². The molecule has 0 aromatic rings. The Morgan fingerprint density at radius 3 is 2.56 bits per heavy atom. The molecular formula is C7H13NO. The van der Waals surface area contributed by atoms with Crippen molar-refractivity contribution in [1.29, 1.82) is 0 Å². The first-order valence-corrected chi connectivity index (χ1v) is 3.69. The zero-order valence-corrected chi connectivity index (χ0v) is 5.76. The Morgan fingerprint density at radius 1 is 1.44 bits per heavy atom. The van der Waals surface area contributed by atoms with E-state index in [0.717, 1.165) is 6.04 Å². The molecule has 3 rings (SSSR count). The van der Waals surface area contributed by atoms with E-state index in [1.54, 1.807) is 0 Å². The van der Waals surface area contributed by atoms with Crippen molar-refractivity contribution in [3.63, 3.8) is 0 Å². The molecule has 9 heavy (non-hydrogen) atoms. The fourth-order valence-electron chi connectivity index (χ4n) is 1.89. The smallest absolute Gasteiger partial charge is 0.0725 e. The Kier molecular flexibility index (Phi) is 1.24. The average Bonchev–Trinajstić information content (AvgIpc) is 1.86. The number of piperidine rings is 1. The molecule has 0 spiro atoms. The number of methoxy groups -OCH3 is 1. The van der Waals surface area contributed by atoms with E-state index in [-0.39, 0.29) is 0 Å². The predicted molar refractivity (Wildman–Crippen MR) is 35.4 cm³/mol. The first-order valence-electron chi connectivity index (χ1n) is 3.69. The summed E-state index contributed by atoms with van der Waals surface area (Å²) in [7, 11) is 1.81. The molecule has 52 valence electrons. The first-order chi connectivity index (χ1) is 4.40. The number of nitrogens with one attached hydrogen (secondary N) is 1. The topological polar surface area (TPSA) is 21.3 Å². The number of ether oxygens (including phenoxy) is 1. The van der Waals surface area contributed by atoms with Gasteiger partial charge in [-0.05, 0) is 19.3 Å². The van der Waals surface area contributed by atoms with Crippen molar-refractivity contribution >= 4 is 0 Å². The van der Waals surface area contributed by atoms with E-state index < -0.39 is 0 Å². The Hall–Kier alpha value is -0.0800. The number of fused-ring (bicyclic) bond motifs is 2. The van der Waals surface area contributed by atoms with Crippen molar-refractivity contribution < 1.29 is 4.74 Å². The summed E-state index contributed by atoms with van der Waals surface area (Å²) >= 11 is 0. The third kappa shape index (κ3) is 0.775. The van der Waals surface area contributed by atoms with Gasteiger partial charge in [0, 0.05) is 19.2 Å². The second-order valence-electron chi connectivity index (χ2n) is 3.06. The SMILES string of the molecule is CO[C@@H]1CCC2CC1N2. The minimum Gasteiger partial charge on any atom is -0.380 e. The van der Waals surface area contributed by atoms with E-state index in [4.69, 9.17) is 4.74 Å². The van der Waals surface area contributed by atoms with Crippen molar-refractivity contribution in [1.82, 2.24) is 5.32 Å². The van der Waals surface area contributed by atoms with Crippen molar-refractivity contribution in [2.24, 2.45) is 0 Å². The van der Waals surface area contributed by atoms with Gasteiger partial charge in [0.2, 0.25) is 0 Å². The molecule has 2 saturated heterocycles. The highest BCUT2D eigenvalue weighted by atomic mass is 16.5. The normalized spacial score (nSPS) is 48.3. The highest BCUT2D eigenvalue weighted by Gasteiger charge is 2.39. The second kappa shape index (κ2) is 1.96. The summed E-state index contributed by atoms with van der Waals surface area (Å²) in [6.07, 6.45) is 4.43. The lowest BCUT2D eigenvalue weighted by atomic mass is 9.80. The van der Waals surface area contributed by atoms with Crippen LogP contribution in [0, 0.1) is 0 Å². The fraction of sp³-hybridized carbons (Fsp3) is 1.00. The van der Waals surface area contributed by atoms with Gasteiger partial charge in [-0.3, -0.25) is 0 Å². The molecule has 0 amide bonds. The van der Waals surface area contributed by atoms with Gasteiger partial charge in [0.15, 0.2) is 0 Å². The van der Waals surface area contributed by atoms with Crippen molar-refractivity contribution in [3.8, 4) is 0 Å². The lowest BCUT2D eigenvalue weighted by Gasteiger charge is -2.47. The monoisotopic (exact) mass is 127 g/mol. The van der Waals surface area contributed by atoms with Gasteiger partial charge in [-0.15, -0.1) is 0 Å². The molecule has 1 N–H and O–H groups in total. The Morgan fingerprint density at radius 2 is 2.22 bits per heavy atom. The van der Waals surface area contributed by atoms with Crippen LogP contribution in [0.25, 0.3) is 0 Å². The van der Waals surface area contributed by atoms with Gasteiger partial charge in [-0.2, -0.15) is 0 Å². The first kappa shape index (κ1) is 5.69. The molecule has 2 bridgehead atoms. The highest BCUT2D eigenvalue weighted by Crippen LogP contribution is 2.29. The lowest BCUT2D eigenvalue weighted by Crippen LogP contribution is -2.62. The summed E-state index contributed by atoms with van der Waals surface area (Å²) in [6, 6.07) is 1.52. The zero-order chi connectivity index (χ0) is 6.27. The molecule has 2 heteroatoms. The van der Waals surface area contributed by atoms with Crippen LogP contribution < -0.4 is 5.32 Å². The van der Waals surface area contributed by atoms with E-state index in [2.05, 4.69) is 5.32 Å². The molecule has 1 saturated carbocycles. The largest absolute Gasteiger partial charge is 0.380 e. The van der Waals surface area contributed by atoms with E-state index >= 15 is 0 Å². The van der Waals surface area contributed by atoms with Crippen LogP contribution in [0.5, 0.6) is 0 Å². The van der Waals surface area contributed by atoms with Crippen LogP contribution in [-0.4, -0.2) is 25.3 Å². The van der Waals surface area contributed by atoms with Gasteiger partial charge in [-0.25, -0.2) is 0 Å². The van der Waals surface area contributed by atoms with E-state index in [1.807, 2.05) is 7.11 Å². The minimum atomic E-state index is 0.509. The molecule has 2 nitrogen and oxygen atoms in total. The minimum absolute atomic E-state index is 0.509. The van der Waals surface area contributed by atoms with E-state index in [9.17, 15) is 0 Å². The fourth-order valence-corrected chi connectivity index (χ4v) is 1.89. The molecule has 3 aliphatic rings. The number of hydrogen-bond donors (Lipinski definition) is 1. The maximum atomic E-state index is 5.28. The summed E-state index contributed by atoms with van der Waals surface area (Å²) in [5.74, 6) is 0. The summed E-state index contributed by atoms with van der Waals surface area (Å²) in [4.78, 5) is 0. The average molecular weight is 127 g/mol. The molecular weight excluding hydrogens is 114 g/mol. The molecule has 2 unspecified atom stereocenters. The molecule has 2 aliphatic heterocycles. The van der Waals surface area contributed by atoms with Crippen LogP contribution in [0.15, 0.2) is 0 Å². The molecule has 2 heterocycles. The van der Waals surface area contributed by atoms with Crippen LogP contribution in [0.2, 0.25) is 0 Å². The quantitative estimate of drug-likeness (QED) is 0.554. The molecule has 0 aromatic heterocycles. The summed E-state index contributed by atoms with van der Waals surface area (Å²) < 4.78 is 5.28.